The van der Waals surface area contributed by atoms with Crippen LogP contribution in [-0.2, 0) is 10.5 Å². The van der Waals surface area contributed by atoms with E-state index in [0.717, 1.165) is 19.3 Å². The highest BCUT2D eigenvalue weighted by Crippen LogP contribution is 2.50. The largest absolute Gasteiger partial charge is 0.465 e. The molecule has 1 amide bonds. The van der Waals surface area contributed by atoms with Gasteiger partial charge in [-0.1, -0.05) is 31.5 Å². The molecule has 23 heavy (non-hydrogen) atoms. The summed E-state index contributed by atoms with van der Waals surface area (Å²) in [5.41, 5.74) is -0.970. The smallest absolute Gasteiger partial charge is 0.410 e. The van der Waals surface area contributed by atoms with Gasteiger partial charge in [-0.15, -0.1) is 0 Å². The van der Waals surface area contributed by atoms with Crippen molar-refractivity contribution in [3.8, 4) is 0 Å². The first kappa shape index (κ1) is 16.2. The van der Waals surface area contributed by atoms with E-state index < -0.39 is 17.6 Å². The Kier molecular flexibility index (Phi) is 4.32. The van der Waals surface area contributed by atoms with Gasteiger partial charge in [-0.25, -0.2) is 9.18 Å². The molecule has 3 rings (SSSR count). The Hall–Kier alpha value is -1.62. The summed E-state index contributed by atoms with van der Waals surface area (Å²) in [5, 5.41) is 9.94. The van der Waals surface area contributed by atoms with Crippen molar-refractivity contribution in [2.24, 2.45) is 11.8 Å². The summed E-state index contributed by atoms with van der Waals surface area (Å²) in [6.07, 6.45) is 3.51. The third-order valence-corrected chi connectivity index (χ3v) is 5.74. The van der Waals surface area contributed by atoms with Gasteiger partial charge in [0, 0.05) is 18.7 Å². The number of methoxy groups -OCH3 is 1. The Morgan fingerprint density at radius 1 is 1.39 bits per heavy atom. The lowest BCUT2D eigenvalue weighted by Crippen LogP contribution is -2.56. The Bertz CT molecular complexity index is 587. The molecular weight excluding hydrogens is 297 g/mol. The van der Waals surface area contributed by atoms with E-state index in [1.165, 1.54) is 24.5 Å². The molecule has 2 aliphatic carbocycles. The summed E-state index contributed by atoms with van der Waals surface area (Å²) in [7, 11) is 1.47. The van der Waals surface area contributed by atoms with Crippen molar-refractivity contribution in [3.63, 3.8) is 0 Å². The second kappa shape index (κ2) is 6.11. The standard InChI is InChI=1S/C18H24FNO3/c1-3-18(23-2,14-6-4-5-7-15(14)19)20(17(21)22)16-11-12-8-9-13(16)10-12/h4-7,12-13,16H,3,8-11H2,1-2H3,(H,21,22)/t12?,13?,16?,18-/m0/s1. The molecule has 2 saturated carbocycles. The third kappa shape index (κ3) is 2.51. The first-order chi connectivity index (χ1) is 11.0. The van der Waals surface area contributed by atoms with Crippen molar-refractivity contribution >= 4 is 6.09 Å². The molecular formula is C18H24FNO3. The molecule has 0 heterocycles. The van der Waals surface area contributed by atoms with Gasteiger partial charge in [0.15, 0.2) is 5.72 Å². The SMILES string of the molecule is CC[C@](OC)(c1ccccc1F)N(C(=O)O)C1CC2CCC1C2. The number of rotatable bonds is 5. The van der Waals surface area contributed by atoms with Gasteiger partial charge in [-0.2, -0.15) is 0 Å². The number of amides is 1. The van der Waals surface area contributed by atoms with Crippen LogP contribution in [0.2, 0.25) is 0 Å². The number of ether oxygens (including phenoxy) is 1. The fourth-order valence-corrected chi connectivity index (χ4v) is 4.71. The maximum Gasteiger partial charge on any atom is 0.410 e. The molecule has 2 aliphatic rings. The van der Waals surface area contributed by atoms with Crippen LogP contribution in [0.5, 0.6) is 0 Å². The molecule has 2 fully saturated rings. The van der Waals surface area contributed by atoms with Crippen LogP contribution >= 0.6 is 0 Å². The number of hydrogen-bond acceptors (Lipinski definition) is 2. The summed E-state index contributed by atoms with van der Waals surface area (Å²) >= 11 is 0. The van der Waals surface area contributed by atoms with Gasteiger partial charge in [0.25, 0.3) is 0 Å². The molecule has 1 aromatic carbocycles. The Morgan fingerprint density at radius 3 is 2.61 bits per heavy atom. The molecule has 0 radical (unpaired) electrons. The zero-order chi connectivity index (χ0) is 16.6. The van der Waals surface area contributed by atoms with Crippen molar-refractivity contribution < 1.29 is 19.0 Å². The first-order valence-corrected chi connectivity index (χ1v) is 8.36. The quantitative estimate of drug-likeness (QED) is 0.827. The van der Waals surface area contributed by atoms with Crippen molar-refractivity contribution in [2.75, 3.05) is 7.11 Å². The summed E-state index contributed by atoms with van der Waals surface area (Å²) in [5.74, 6) is 0.536. The zero-order valence-electron chi connectivity index (χ0n) is 13.7. The summed E-state index contributed by atoms with van der Waals surface area (Å²) < 4.78 is 20.2. The number of nitrogens with zero attached hydrogens (tertiary/aromatic N) is 1. The number of fused-ring (bicyclic) bond motifs is 2. The average molecular weight is 321 g/mol. The summed E-state index contributed by atoms with van der Waals surface area (Å²) in [6.45, 7) is 1.85. The fourth-order valence-electron chi connectivity index (χ4n) is 4.71. The van der Waals surface area contributed by atoms with E-state index in [0.29, 0.717) is 23.8 Å². The topological polar surface area (TPSA) is 49.8 Å². The van der Waals surface area contributed by atoms with Crippen LogP contribution in [0.25, 0.3) is 0 Å². The molecule has 4 nitrogen and oxygen atoms in total. The van der Waals surface area contributed by atoms with Gasteiger partial charge >= 0.3 is 6.09 Å². The van der Waals surface area contributed by atoms with Crippen LogP contribution in [0.4, 0.5) is 9.18 Å². The predicted molar refractivity (Wildman–Crippen MR) is 84.5 cm³/mol. The Morgan fingerprint density at radius 2 is 2.13 bits per heavy atom. The van der Waals surface area contributed by atoms with Crippen LogP contribution in [0.3, 0.4) is 0 Å². The first-order valence-electron chi connectivity index (χ1n) is 8.36. The average Bonchev–Trinajstić information content (AvgIpc) is 3.16. The predicted octanol–water partition coefficient (Wildman–Crippen LogP) is 4.20. The number of carbonyl (C=O) groups is 1. The number of hydrogen-bond donors (Lipinski definition) is 1. The lowest BCUT2D eigenvalue weighted by atomic mass is 9.89. The molecule has 0 aliphatic heterocycles. The van der Waals surface area contributed by atoms with E-state index >= 15 is 0 Å². The lowest BCUT2D eigenvalue weighted by molar-refractivity contribution is -0.154. The van der Waals surface area contributed by atoms with E-state index in [4.69, 9.17) is 4.74 Å². The lowest BCUT2D eigenvalue weighted by Gasteiger charge is -2.46. The molecule has 5 heteroatoms. The van der Waals surface area contributed by atoms with E-state index in [2.05, 4.69) is 0 Å². The minimum absolute atomic E-state index is 0.0919. The van der Waals surface area contributed by atoms with E-state index in [9.17, 15) is 14.3 Å². The molecule has 0 spiro atoms. The molecule has 1 N–H and O–H groups in total. The fraction of sp³-hybridized carbons (Fsp3) is 0.611. The maximum atomic E-state index is 14.5. The normalized spacial score (nSPS) is 28.6. The second-order valence-corrected chi connectivity index (χ2v) is 6.72. The van der Waals surface area contributed by atoms with Gasteiger partial charge in [0.05, 0.1) is 0 Å². The molecule has 1 aromatic rings. The van der Waals surface area contributed by atoms with Gasteiger partial charge in [-0.3, -0.25) is 4.90 Å². The number of halogens is 1. The summed E-state index contributed by atoms with van der Waals surface area (Å²) in [6, 6.07) is 6.23. The van der Waals surface area contributed by atoms with E-state index in [1.54, 1.807) is 18.2 Å². The molecule has 0 saturated heterocycles. The molecule has 0 aromatic heterocycles. The van der Waals surface area contributed by atoms with E-state index in [1.807, 2.05) is 6.92 Å². The van der Waals surface area contributed by atoms with Crippen molar-refractivity contribution in [3.05, 3.63) is 35.6 Å². The highest BCUT2D eigenvalue weighted by atomic mass is 19.1. The van der Waals surface area contributed by atoms with Crippen LogP contribution in [0.15, 0.2) is 24.3 Å². The summed E-state index contributed by atoms with van der Waals surface area (Å²) in [4.78, 5) is 13.5. The highest BCUT2D eigenvalue weighted by molar-refractivity contribution is 5.67. The Balaban J connectivity index is 2.06. The van der Waals surface area contributed by atoms with Crippen LogP contribution in [0, 0.1) is 17.7 Å². The van der Waals surface area contributed by atoms with Crippen molar-refractivity contribution in [1.29, 1.82) is 0 Å². The van der Waals surface area contributed by atoms with Crippen molar-refractivity contribution in [2.45, 2.75) is 50.8 Å². The van der Waals surface area contributed by atoms with Gasteiger partial charge in [0.2, 0.25) is 0 Å². The van der Waals surface area contributed by atoms with Gasteiger partial charge in [-0.05, 0) is 43.6 Å². The minimum Gasteiger partial charge on any atom is -0.465 e. The molecule has 4 atom stereocenters. The molecule has 3 unspecified atom stereocenters. The van der Waals surface area contributed by atoms with Crippen LogP contribution in [0.1, 0.15) is 44.6 Å². The van der Waals surface area contributed by atoms with Crippen LogP contribution < -0.4 is 0 Å². The molecule has 126 valence electrons. The monoisotopic (exact) mass is 321 g/mol. The Labute approximate surface area is 136 Å². The number of benzene rings is 1. The number of carboxylic acid groups (broad SMARTS) is 1. The van der Waals surface area contributed by atoms with Crippen molar-refractivity contribution in [1.82, 2.24) is 4.90 Å². The van der Waals surface area contributed by atoms with E-state index in [-0.39, 0.29) is 6.04 Å². The molecule has 2 bridgehead atoms. The maximum absolute atomic E-state index is 14.5. The minimum atomic E-state index is -1.27. The van der Waals surface area contributed by atoms with Crippen LogP contribution in [-0.4, -0.2) is 29.3 Å². The van der Waals surface area contributed by atoms with Gasteiger partial charge < -0.3 is 9.84 Å². The third-order valence-electron chi connectivity index (χ3n) is 5.74. The highest BCUT2D eigenvalue weighted by Gasteiger charge is 2.52. The second-order valence-electron chi connectivity index (χ2n) is 6.72. The zero-order valence-corrected chi connectivity index (χ0v) is 13.7. The van der Waals surface area contributed by atoms with Gasteiger partial charge in [0.1, 0.15) is 5.82 Å².